The number of nitrogens with one attached hydrogen (secondary N) is 2. The summed E-state index contributed by atoms with van der Waals surface area (Å²) in [6.07, 6.45) is 3.82. The van der Waals surface area contributed by atoms with E-state index in [0.29, 0.717) is 25.4 Å². The van der Waals surface area contributed by atoms with E-state index in [1.807, 2.05) is 0 Å². The van der Waals surface area contributed by atoms with Crippen LogP contribution >= 0.6 is 0 Å². The molecular formula is C16H24FN3O2. The molecule has 1 fully saturated rings. The van der Waals surface area contributed by atoms with Crippen molar-refractivity contribution in [3.8, 4) is 5.75 Å². The third kappa shape index (κ3) is 6.30. The number of hydrogen-bond acceptors (Lipinski definition) is 3. The lowest BCUT2D eigenvalue weighted by molar-refractivity contribution is 0.219. The second-order valence-corrected chi connectivity index (χ2v) is 5.39. The SMILES string of the molecule is O=C(NCCOc1cccc(F)c1)NCCN1CCCCC1. The molecule has 2 N–H and O–H groups in total. The molecule has 5 nitrogen and oxygen atoms in total. The van der Waals surface area contributed by atoms with Crippen LogP contribution in [0.2, 0.25) is 0 Å². The zero-order valence-corrected chi connectivity index (χ0v) is 12.8. The molecule has 1 heterocycles. The van der Waals surface area contributed by atoms with Gasteiger partial charge in [0, 0.05) is 19.2 Å². The van der Waals surface area contributed by atoms with Gasteiger partial charge in [-0.2, -0.15) is 0 Å². The van der Waals surface area contributed by atoms with Crippen molar-refractivity contribution in [2.45, 2.75) is 19.3 Å². The van der Waals surface area contributed by atoms with Crippen LogP contribution in [0.3, 0.4) is 0 Å². The van der Waals surface area contributed by atoms with Gasteiger partial charge in [-0.05, 0) is 38.1 Å². The van der Waals surface area contributed by atoms with Crippen LogP contribution in [0.25, 0.3) is 0 Å². The van der Waals surface area contributed by atoms with E-state index in [0.717, 1.165) is 19.6 Å². The third-order valence-electron chi connectivity index (χ3n) is 3.61. The van der Waals surface area contributed by atoms with Crippen molar-refractivity contribution in [1.82, 2.24) is 15.5 Å². The zero-order chi connectivity index (χ0) is 15.6. The Hall–Kier alpha value is -1.82. The summed E-state index contributed by atoms with van der Waals surface area (Å²) < 4.78 is 18.3. The lowest BCUT2D eigenvalue weighted by atomic mass is 10.1. The van der Waals surface area contributed by atoms with E-state index in [1.54, 1.807) is 12.1 Å². The fourth-order valence-corrected chi connectivity index (χ4v) is 2.46. The lowest BCUT2D eigenvalue weighted by Gasteiger charge is -2.26. The summed E-state index contributed by atoms with van der Waals surface area (Å²) in [7, 11) is 0. The maximum absolute atomic E-state index is 12.9. The van der Waals surface area contributed by atoms with Gasteiger partial charge in [0.1, 0.15) is 18.2 Å². The number of benzene rings is 1. The van der Waals surface area contributed by atoms with Gasteiger partial charge < -0.3 is 20.3 Å². The highest BCUT2D eigenvalue weighted by molar-refractivity contribution is 5.73. The van der Waals surface area contributed by atoms with E-state index in [1.165, 1.54) is 31.4 Å². The highest BCUT2D eigenvalue weighted by Gasteiger charge is 2.09. The topological polar surface area (TPSA) is 53.6 Å². The van der Waals surface area contributed by atoms with Crippen LogP contribution in [-0.2, 0) is 0 Å². The Morgan fingerprint density at radius 2 is 1.95 bits per heavy atom. The number of ether oxygens (including phenoxy) is 1. The molecular weight excluding hydrogens is 285 g/mol. The van der Waals surface area contributed by atoms with Crippen LogP contribution in [0.15, 0.2) is 24.3 Å². The number of carbonyl (C=O) groups is 1. The molecule has 0 aromatic heterocycles. The van der Waals surface area contributed by atoms with Crippen molar-refractivity contribution in [2.24, 2.45) is 0 Å². The minimum Gasteiger partial charge on any atom is -0.492 e. The standard InChI is InChI=1S/C16H24FN3O2/c17-14-5-4-6-15(13-14)22-12-8-19-16(21)18-7-11-20-9-2-1-3-10-20/h4-6,13H,1-3,7-12H2,(H2,18,19,21). The molecule has 0 bridgehead atoms. The van der Waals surface area contributed by atoms with E-state index in [4.69, 9.17) is 4.74 Å². The lowest BCUT2D eigenvalue weighted by Crippen LogP contribution is -2.42. The van der Waals surface area contributed by atoms with E-state index < -0.39 is 0 Å². The second-order valence-electron chi connectivity index (χ2n) is 5.39. The average molecular weight is 309 g/mol. The molecule has 1 aromatic carbocycles. The van der Waals surface area contributed by atoms with Gasteiger partial charge >= 0.3 is 6.03 Å². The summed E-state index contributed by atoms with van der Waals surface area (Å²) in [6, 6.07) is 5.76. The van der Waals surface area contributed by atoms with E-state index in [-0.39, 0.29) is 11.8 Å². The number of amides is 2. The minimum absolute atomic E-state index is 0.195. The largest absolute Gasteiger partial charge is 0.492 e. The molecule has 1 aromatic rings. The molecule has 22 heavy (non-hydrogen) atoms. The molecule has 1 aliphatic heterocycles. The molecule has 0 unspecified atom stereocenters. The average Bonchev–Trinajstić information content (AvgIpc) is 2.53. The maximum atomic E-state index is 12.9. The first kappa shape index (κ1) is 16.5. The zero-order valence-electron chi connectivity index (χ0n) is 12.8. The third-order valence-corrected chi connectivity index (χ3v) is 3.61. The second kappa shape index (κ2) is 9.25. The summed E-state index contributed by atoms with van der Waals surface area (Å²) in [4.78, 5) is 14.0. The molecule has 1 aliphatic rings. The number of carbonyl (C=O) groups excluding carboxylic acids is 1. The molecule has 2 amide bonds. The Morgan fingerprint density at radius 1 is 1.18 bits per heavy atom. The van der Waals surface area contributed by atoms with Gasteiger partial charge in [0.2, 0.25) is 0 Å². The Labute approximate surface area is 130 Å². The number of urea groups is 1. The fourth-order valence-electron chi connectivity index (χ4n) is 2.46. The molecule has 0 radical (unpaired) electrons. The summed E-state index contributed by atoms with van der Waals surface area (Å²) in [6.45, 7) is 4.49. The summed E-state index contributed by atoms with van der Waals surface area (Å²) in [5.41, 5.74) is 0. The molecule has 0 saturated carbocycles. The van der Waals surface area contributed by atoms with Gasteiger partial charge in [-0.3, -0.25) is 0 Å². The highest BCUT2D eigenvalue weighted by atomic mass is 19.1. The van der Waals surface area contributed by atoms with Crippen molar-refractivity contribution in [3.63, 3.8) is 0 Å². The first-order chi connectivity index (χ1) is 10.7. The number of piperidine rings is 1. The number of likely N-dealkylation sites (tertiary alicyclic amines) is 1. The van der Waals surface area contributed by atoms with Crippen LogP contribution in [0, 0.1) is 5.82 Å². The van der Waals surface area contributed by atoms with Gasteiger partial charge in [0.05, 0.1) is 6.54 Å². The number of hydrogen-bond donors (Lipinski definition) is 2. The van der Waals surface area contributed by atoms with Gasteiger partial charge in [0.15, 0.2) is 0 Å². The smallest absolute Gasteiger partial charge is 0.314 e. The van der Waals surface area contributed by atoms with Crippen LogP contribution in [0.1, 0.15) is 19.3 Å². The number of halogens is 1. The van der Waals surface area contributed by atoms with Gasteiger partial charge in [-0.25, -0.2) is 9.18 Å². The van der Waals surface area contributed by atoms with Crippen LogP contribution in [0.4, 0.5) is 9.18 Å². The van der Waals surface area contributed by atoms with E-state index in [2.05, 4.69) is 15.5 Å². The molecule has 6 heteroatoms. The Morgan fingerprint density at radius 3 is 2.73 bits per heavy atom. The quantitative estimate of drug-likeness (QED) is 0.757. The molecule has 0 spiro atoms. The minimum atomic E-state index is -0.332. The molecule has 0 atom stereocenters. The summed E-state index contributed by atoms with van der Waals surface area (Å²) in [5, 5.41) is 5.55. The predicted octanol–water partition coefficient (Wildman–Crippen LogP) is 1.99. The van der Waals surface area contributed by atoms with E-state index >= 15 is 0 Å². The molecule has 2 rings (SSSR count). The van der Waals surface area contributed by atoms with Gasteiger partial charge in [0.25, 0.3) is 0 Å². The van der Waals surface area contributed by atoms with Crippen molar-refractivity contribution >= 4 is 6.03 Å². The van der Waals surface area contributed by atoms with Crippen molar-refractivity contribution < 1.29 is 13.9 Å². The highest BCUT2D eigenvalue weighted by Crippen LogP contribution is 2.11. The van der Waals surface area contributed by atoms with Crippen molar-refractivity contribution in [1.29, 1.82) is 0 Å². The Kier molecular flexibility index (Phi) is 6.96. The monoisotopic (exact) mass is 309 g/mol. The van der Waals surface area contributed by atoms with Gasteiger partial charge in [-0.15, -0.1) is 0 Å². The van der Waals surface area contributed by atoms with Crippen LogP contribution in [0.5, 0.6) is 5.75 Å². The normalized spacial score (nSPS) is 15.3. The Balaban J connectivity index is 1.50. The predicted molar refractivity (Wildman–Crippen MR) is 83.6 cm³/mol. The maximum Gasteiger partial charge on any atom is 0.314 e. The van der Waals surface area contributed by atoms with Crippen LogP contribution in [-0.4, -0.2) is 50.3 Å². The first-order valence-electron chi connectivity index (χ1n) is 7.86. The molecule has 122 valence electrons. The molecule has 1 saturated heterocycles. The fraction of sp³-hybridized carbons (Fsp3) is 0.562. The van der Waals surface area contributed by atoms with E-state index in [9.17, 15) is 9.18 Å². The Bertz CT molecular complexity index is 464. The number of rotatable bonds is 7. The summed E-state index contributed by atoms with van der Waals surface area (Å²) in [5.74, 6) is 0.133. The molecule has 0 aliphatic carbocycles. The van der Waals surface area contributed by atoms with Crippen molar-refractivity contribution in [3.05, 3.63) is 30.1 Å². The first-order valence-corrected chi connectivity index (χ1v) is 7.86. The van der Waals surface area contributed by atoms with Crippen molar-refractivity contribution in [2.75, 3.05) is 39.3 Å². The number of nitrogens with zero attached hydrogens (tertiary/aromatic N) is 1. The van der Waals surface area contributed by atoms with Gasteiger partial charge in [-0.1, -0.05) is 12.5 Å². The summed E-state index contributed by atoms with van der Waals surface area (Å²) >= 11 is 0. The van der Waals surface area contributed by atoms with Crippen LogP contribution < -0.4 is 15.4 Å².